The summed E-state index contributed by atoms with van der Waals surface area (Å²) in [5.74, 6) is -0.328. The van der Waals surface area contributed by atoms with Gasteiger partial charge < -0.3 is 5.32 Å². The molecule has 4 aromatic rings. The predicted octanol–water partition coefficient (Wildman–Crippen LogP) is 6.57. The first-order valence-electron chi connectivity index (χ1n) is 10.1. The largest absolute Gasteiger partial charge is 0.325 e. The molecule has 2 heterocycles. The van der Waals surface area contributed by atoms with Crippen molar-refractivity contribution in [3.63, 3.8) is 0 Å². The summed E-state index contributed by atoms with van der Waals surface area (Å²) in [4.78, 5) is 22.7. The number of hydrogen-bond acceptors (Lipinski definition) is 5. The number of thioether (sulfide) groups is 1. The third-order valence-corrected chi connectivity index (χ3v) is 7.29. The van der Waals surface area contributed by atoms with Gasteiger partial charge in [0.1, 0.15) is 22.0 Å². The first-order chi connectivity index (χ1) is 15.1. The van der Waals surface area contributed by atoms with Crippen molar-refractivity contribution < 1.29 is 9.18 Å². The topological polar surface area (TPSA) is 54.9 Å². The molecular formula is C24H22FN3OS2. The zero-order valence-electron chi connectivity index (χ0n) is 17.3. The Hall–Kier alpha value is -2.77. The molecule has 0 aliphatic heterocycles. The van der Waals surface area contributed by atoms with Crippen LogP contribution in [0.2, 0.25) is 0 Å². The van der Waals surface area contributed by atoms with Crippen LogP contribution in [0.5, 0.6) is 0 Å². The minimum Gasteiger partial charge on any atom is -0.325 e. The maximum Gasteiger partial charge on any atom is 0.237 e. The average molecular weight is 452 g/mol. The van der Waals surface area contributed by atoms with Gasteiger partial charge in [0.25, 0.3) is 0 Å². The van der Waals surface area contributed by atoms with Crippen LogP contribution < -0.4 is 5.32 Å². The molecule has 0 saturated carbocycles. The normalized spacial score (nSPS) is 12.1. The second kappa shape index (κ2) is 9.58. The number of amides is 1. The molecule has 1 amide bonds. The van der Waals surface area contributed by atoms with Crippen LogP contribution in [0.15, 0.2) is 65.3 Å². The van der Waals surface area contributed by atoms with Crippen molar-refractivity contribution in [1.29, 1.82) is 0 Å². The highest BCUT2D eigenvalue weighted by molar-refractivity contribution is 8.00. The summed E-state index contributed by atoms with van der Waals surface area (Å²) in [7, 11) is 0. The van der Waals surface area contributed by atoms with E-state index in [-0.39, 0.29) is 17.0 Å². The molecule has 1 unspecified atom stereocenters. The van der Waals surface area contributed by atoms with Gasteiger partial charge in [-0.05, 0) is 48.2 Å². The molecule has 158 valence electrons. The Morgan fingerprint density at radius 3 is 2.52 bits per heavy atom. The zero-order valence-corrected chi connectivity index (χ0v) is 18.9. The number of halogens is 1. The number of aryl methyl sites for hydroxylation is 1. The van der Waals surface area contributed by atoms with E-state index < -0.39 is 0 Å². The minimum atomic E-state index is -0.301. The molecular weight excluding hydrogens is 429 g/mol. The first kappa shape index (κ1) is 21.5. The van der Waals surface area contributed by atoms with Crippen molar-refractivity contribution in [2.75, 3.05) is 5.32 Å². The Morgan fingerprint density at radius 2 is 1.84 bits per heavy atom. The van der Waals surface area contributed by atoms with Crippen molar-refractivity contribution in [2.45, 2.75) is 37.0 Å². The van der Waals surface area contributed by atoms with E-state index in [1.54, 1.807) is 12.1 Å². The van der Waals surface area contributed by atoms with E-state index in [4.69, 9.17) is 0 Å². The lowest BCUT2D eigenvalue weighted by molar-refractivity contribution is -0.115. The summed E-state index contributed by atoms with van der Waals surface area (Å²) in [5.41, 5.74) is 3.87. The summed E-state index contributed by atoms with van der Waals surface area (Å²) >= 11 is 2.96. The molecule has 0 aliphatic rings. The van der Waals surface area contributed by atoms with E-state index in [0.717, 1.165) is 38.5 Å². The number of thiophene rings is 1. The highest BCUT2D eigenvalue weighted by Gasteiger charge is 2.22. The van der Waals surface area contributed by atoms with Crippen molar-refractivity contribution >= 4 is 44.9 Å². The molecule has 2 aromatic heterocycles. The molecule has 4 rings (SSSR count). The van der Waals surface area contributed by atoms with Gasteiger partial charge in [-0.1, -0.05) is 49.9 Å². The van der Waals surface area contributed by atoms with Gasteiger partial charge in [-0.2, -0.15) is 0 Å². The van der Waals surface area contributed by atoms with Crippen LogP contribution in [0.25, 0.3) is 21.3 Å². The summed E-state index contributed by atoms with van der Waals surface area (Å²) < 4.78 is 13.4. The lowest BCUT2D eigenvalue weighted by atomic mass is 10.1. The fourth-order valence-electron chi connectivity index (χ4n) is 3.28. The number of anilines is 1. The van der Waals surface area contributed by atoms with Crippen molar-refractivity contribution in [1.82, 2.24) is 9.97 Å². The van der Waals surface area contributed by atoms with Crippen molar-refractivity contribution in [3.8, 4) is 11.1 Å². The number of hydrogen-bond donors (Lipinski definition) is 1. The summed E-state index contributed by atoms with van der Waals surface area (Å²) in [5, 5.41) is 6.39. The van der Waals surface area contributed by atoms with Gasteiger partial charge in [0.15, 0.2) is 0 Å². The Bertz CT molecular complexity index is 1190. The Labute approximate surface area is 188 Å². The highest BCUT2D eigenvalue weighted by atomic mass is 32.2. The van der Waals surface area contributed by atoms with Crippen LogP contribution in [-0.2, 0) is 11.2 Å². The molecule has 31 heavy (non-hydrogen) atoms. The lowest BCUT2D eigenvalue weighted by Gasteiger charge is -2.15. The van der Waals surface area contributed by atoms with Gasteiger partial charge in [-0.25, -0.2) is 14.4 Å². The standard InChI is InChI=1S/C24H22FN3OS2/c1-3-15-5-11-18(12-6-15)28-22(29)20(4-2)31-24-21-19(13-30-23(21)26-14-27-24)16-7-9-17(25)10-8-16/h5-14,20H,3-4H2,1-2H3,(H,28,29). The molecule has 0 aliphatic carbocycles. The van der Waals surface area contributed by atoms with Gasteiger partial charge in [0.05, 0.1) is 10.6 Å². The second-order valence-corrected chi connectivity index (χ2v) is 9.12. The molecule has 1 N–H and O–H groups in total. The van der Waals surface area contributed by atoms with Gasteiger partial charge in [-0.3, -0.25) is 4.79 Å². The van der Waals surface area contributed by atoms with Crippen molar-refractivity contribution in [3.05, 3.63) is 71.6 Å². The molecule has 0 bridgehead atoms. The fourth-order valence-corrected chi connectivity index (χ4v) is 5.30. The Kier molecular flexibility index (Phi) is 6.63. The SMILES string of the molecule is CCc1ccc(NC(=O)C(CC)Sc2ncnc3scc(-c4ccc(F)cc4)c23)cc1. The molecule has 0 spiro atoms. The number of carbonyl (C=O) groups is 1. The van der Waals surface area contributed by atoms with Gasteiger partial charge in [0, 0.05) is 16.6 Å². The van der Waals surface area contributed by atoms with E-state index in [1.807, 2.05) is 36.6 Å². The number of aromatic nitrogens is 2. The number of nitrogens with one attached hydrogen (secondary N) is 1. The summed E-state index contributed by atoms with van der Waals surface area (Å²) in [6.45, 7) is 4.09. The number of rotatable bonds is 7. The maximum absolute atomic E-state index is 13.4. The summed E-state index contributed by atoms with van der Waals surface area (Å²) in [6, 6.07) is 14.3. The molecule has 2 aromatic carbocycles. The van der Waals surface area contributed by atoms with E-state index in [2.05, 4.69) is 22.2 Å². The van der Waals surface area contributed by atoms with E-state index in [1.165, 1.54) is 47.1 Å². The Balaban J connectivity index is 1.60. The average Bonchev–Trinajstić information content (AvgIpc) is 3.23. The van der Waals surface area contributed by atoms with Gasteiger partial charge >= 0.3 is 0 Å². The fraction of sp³-hybridized carbons (Fsp3) is 0.208. The van der Waals surface area contributed by atoms with E-state index >= 15 is 0 Å². The molecule has 0 radical (unpaired) electrons. The first-order valence-corrected chi connectivity index (χ1v) is 11.9. The quantitative estimate of drug-likeness (QED) is 0.255. The molecule has 1 atom stereocenters. The molecule has 4 nitrogen and oxygen atoms in total. The lowest BCUT2D eigenvalue weighted by Crippen LogP contribution is -2.24. The highest BCUT2D eigenvalue weighted by Crippen LogP contribution is 2.39. The van der Waals surface area contributed by atoms with Crippen LogP contribution in [0.4, 0.5) is 10.1 Å². The number of carbonyl (C=O) groups excluding carboxylic acids is 1. The zero-order chi connectivity index (χ0) is 21.8. The third kappa shape index (κ3) is 4.78. The van der Waals surface area contributed by atoms with Crippen molar-refractivity contribution in [2.24, 2.45) is 0 Å². The molecule has 0 fully saturated rings. The van der Waals surface area contributed by atoms with Crippen LogP contribution >= 0.6 is 23.1 Å². The third-order valence-electron chi connectivity index (χ3n) is 5.04. The van der Waals surface area contributed by atoms with Crippen LogP contribution in [0, 0.1) is 5.82 Å². The number of benzene rings is 2. The van der Waals surface area contributed by atoms with Gasteiger partial charge in [0.2, 0.25) is 5.91 Å². The van der Waals surface area contributed by atoms with E-state index in [9.17, 15) is 9.18 Å². The maximum atomic E-state index is 13.4. The second-order valence-electron chi connectivity index (χ2n) is 7.07. The Morgan fingerprint density at radius 1 is 1.10 bits per heavy atom. The van der Waals surface area contributed by atoms with Crippen LogP contribution in [0.1, 0.15) is 25.8 Å². The number of fused-ring (bicyclic) bond motifs is 1. The van der Waals surface area contributed by atoms with E-state index in [0.29, 0.717) is 6.42 Å². The predicted molar refractivity (Wildman–Crippen MR) is 127 cm³/mol. The monoisotopic (exact) mass is 451 g/mol. The minimum absolute atomic E-state index is 0.0536. The number of nitrogens with zero attached hydrogens (tertiary/aromatic N) is 2. The smallest absolute Gasteiger partial charge is 0.237 e. The summed E-state index contributed by atoms with van der Waals surface area (Å²) in [6.07, 6.45) is 3.15. The van der Waals surface area contributed by atoms with Gasteiger partial charge in [-0.15, -0.1) is 11.3 Å². The molecule has 0 saturated heterocycles. The molecule has 7 heteroatoms. The van der Waals surface area contributed by atoms with Crippen LogP contribution in [0.3, 0.4) is 0 Å². The van der Waals surface area contributed by atoms with Crippen LogP contribution in [-0.4, -0.2) is 21.1 Å².